The summed E-state index contributed by atoms with van der Waals surface area (Å²) in [5.41, 5.74) is 2.36. The van der Waals surface area contributed by atoms with E-state index in [9.17, 15) is 0 Å². The van der Waals surface area contributed by atoms with E-state index in [2.05, 4.69) is 60.7 Å². The average molecular weight is 350 g/mol. The van der Waals surface area contributed by atoms with Crippen molar-refractivity contribution < 1.29 is 9.47 Å². The van der Waals surface area contributed by atoms with Crippen LogP contribution in [0.25, 0.3) is 0 Å². The van der Waals surface area contributed by atoms with E-state index in [0.717, 1.165) is 32.1 Å². The third kappa shape index (κ3) is 10.8. The smallest absolute Gasteiger partial charge is 0.191 e. The minimum absolute atomic E-state index is 0.608. The molecule has 0 radical (unpaired) electrons. The van der Waals surface area contributed by atoms with Crippen LogP contribution in [0, 0.1) is 5.92 Å². The highest BCUT2D eigenvalue weighted by molar-refractivity contribution is 5.79. The van der Waals surface area contributed by atoms with Gasteiger partial charge in [-0.2, -0.15) is 0 Å². The molecule has 0 atom stereocenters. The first-order chi connectivity index (χ1) is 12.2. The molecule has 0 aromatic heterocycles. The van der Waals surface area contributed by atoms with Gasteiger partial charge in [0.15, 0.2) is 5.96 Å². The quantitative estimate of drug-likeness (QED) is 0.345. The molecule has 25 heavy (non-hydrogen) atoms. The molecule has 0 aliphatic carbocycles. The van der Waals surface area contributed by atoms with Gasteiger partial charge < -0.3 is 20.1 Å². The number of aliphatic imine (C=N–C) groups is 1. The Kier molecular flexibility index (Phi) is 11.7. The standard InChI is InChI=1S/C20H35N3O2/c1-5-21-20(22-11-10-17(3)4)23-15-18-8-7-9-19(14-18)16-25-13-12-24-6-2/h7-9,14,17H,5-6,10-13,15-16H2,1-4H3,(H2,21,22,23). The Morgan fingerprint density at radius 1 is 1.08 bits per heavy atom. The van der Waals surface area contributed by atoms with Crippen LogP contribution in [-0.2, 0) is 22.6 Å². The highest BCUT2D eigenvalue weighted by Gasteiger charge is 2.00. The summed E-state index contributed by atoms with van der Waals surface area (Å²) >= 11 is 0. The minimum Gasteiger partial charge on any atom is -0.379 e. The second kappa shape index (κ2) is 13.7. The minimum atomic E-state index is 0.608. The van der Waals surface area contributed by atoms with E-state index in [1.807, 2.05) is 6.92 Å². The molecular formula is C20H35N3O2. The average Bonchev–Trinajstić information content (AvgIpc) is 2.59. The SMILES string of the molecule is CCNC(=NCc1cccc(COCCOCC)c1)NCCC(C)C. The van der Waals surface area contributed by atoms with Crippen LogP contribution in [0.5, 0.6) is 0 Å². The molecule has 0 heterocycles. The van der Waals surface area contributed by atoms with Crippen LogP contribution in [0.1, 0.15) is 45.2 Å². The number of guanidine groups is 1. The molecular weight excluding hydrogens is 314 g/mol. The predicted molar refractivity (Wildman–Crippen MR) is 105 cm³/mol. The summed E-state index contributed by atoms with van der Waals surface area (Å²) in [6, 6.07) is 8.40. The molecule has 0 fully saturated rings. The largest absolute Gasteiger partial charge is 0.379 e. The van der Waals surface area contributed by atoms with Crippen LogP contribution in [0.15, 0.2) is 29.3 Å². The molecule has 0 bridgehead atoms. The number of hydrogen-bond donors (Lipinski definition) is 2. The normalized spacial score (nSPS) is 11.8. The molecule has 5 nitrogen and oxygen atoms in total. The third-order valence-electron chi connectivity index (χ3n) is 3.61. The first-order valence-electron chi connectivity index (χ1n) is 9.41. The molecule has 0 aliphatic heterocycles. The topological polar surface area (TPSA) is 54.9 Å². The zero-order valence-electron chi connectivity index (χ0n) is 16.3. The summed E-state index contributed by atoms with van der Waals surface area (Å²) in [4.78, 5) is 4.68. The lowest BCUT2D eigenvalue weighted by atomic mass is 10.1. The van der Waals surface area contributed by atoms with Gasteiger partial charge in [-0.05, 0) is 37.3 Å². The van der Waals surface area contributed by atoms with Crippen LogP contribution >= 0.6 is 0 Å². The highest BCUT2D eigenvalue weighted by atomic mass is 16.5. The van der Waals surface area contributed by atoms with E-state index < -0.39 is 0 Å². The van der Waals surface area contributed by atoms with Crippen LogP contribution in [-0.4, -0.2) is 38.9 Å². The monoisotopic (exact) mass is 349 g/mol. The molecule has 5 heteroatoms. The van der Waals surface area contributed by atoms with Crippen molar-refractivity contribution >= 4 is 5.96 Å². The van der Waals surface area contributed by atoms with Crippen molar-refractivity contribution in [1.29, 1.82) is 0 Å². The number of ether oxygens (including phenoxy) is 2. The van der Waals surface area contributed by atoms with Crippen LogP contribution in [0.4, 0.5) is 0 Å². The summed E-state index contributed by atoms with van der Waals surface area (Å²) in [6.07, 6.45) is 1.14. The number of hydrogen-bond acceptors (Lipinski definition) is 3. The Morgan fingerprint density at radius 3 is 2.56 bits per heavy atom. The second-order valence-electron chi connectivity index (χ2n) is 6.37. The maximum Gasteiger partial charge on any atom is 0.191 e. The lowest BCUT2D eigenvalue weighted by Gasteiger charge is -2.12. The van der Waals surface area contributed by atoms with E-state index >= 15 is 0 Å². The fraction of sp³-hybridized carbons (Fsp3) is 0.650. The Morgan fingerprint density at radius 2 is 1.84 bits per heavy atom. The van der Waals surface area contributed by atoms with Gasteiger partial charge in [-0.3, -0.25) is 0 Å². The molecule has 0 saturated heterocycles. The number of nitrogens with one attached hydrogen (secondary N) is 2. The van der Waals surface area contributed by atoms with Gasteiger partial charge >= 0.3 is 0 Å². The third-order valence-corrected chi connectivity index (χ3v) is 3.61. The summed E-state index contributed by atoms with van der Waals surface area (Å²) in [6.45, 7) is 13.6. The Bertz CT molecular complexity index is 490. The maximum atomic E-state index is 5.63. The number of benzene rings is 1. The van der Waals surface area contributed by atoms with Crippen molar-refractivity contribution in [2.24, 2.45) is 10.9 Å². The van der Waals surface area contributed by atoms with E-state index in [-0.39, 0.29) is 0 Å². The van der Waals surface area contributed by atoms with Gasteiger partial charge in [0.1, 0.15) is 0 Å². The molecule has 1 aromatic rings. The molecule has 0 amide bonds. The van der Waals surface area contributed by atoms with Gasteiger partial charge in [0.2, 0.25) is 0 Å². The highest BCUT2D eigenvalue weighted by Crippen LogP contribution is 2.08. The molecule has 0 unspecified atom stereocenters. The zero-order valence-corrected chi connectivity index (χ0v) is 16.3. The van der Waals surface area contributed by atoms with Gasteiger partial charge in [0, 0.05) is 19.7 Å². The number of rotatable bonds is 12. The molecule has 142 valence electrons. The van der Waals surface area contributed by atoms with Gasteiger partial charge in [-0.15, -0.1) is 0 Å². The fourth-order valence-corrected chi connectivity index (χ4v) is 2.26. The molecule has 0 spiro atoms. The van der Waals surface area contributed by atoms with Crippen molar-refractivity contribution in [2.75, 3.05) is 32.9 Å². The molecule has 0 saturated carbocycles. The molecule has 1 aromatic carbocycles. The van der Waals surface area contributed by atoms with Crippen molar-refractivity contribution in [3.63, 3.8) is 0 Å². The van der Waals surface area contributed by atoms with Crippen molar-refractivity contribution in [3.8, 4) is 0 Å². The zero-order chi connectivity index (χ0) is 18.3. The second-order valence-corrected chi connectivity index (χ2v) is 6.37. The van der Waals surface area contributed by atoms with Gasteiger partial charge in [-0.1, -0.05) is 38.1 Å². The van der Waals surface area contributed by atoms with E-state index in [1.54, 1.807) is 0 Å². The summed E-state index contributed by atoms with van der Waals surface area (Å²) in [5, 5.41) is 6.69. The van der Waals surface area contributed by atoms with Crippen LogP contribution in [0.3, 0.4) is 0 Å². The van der Waals surface area contributed by atoms with E-state index in [0.29, 0.717) is 32.3 Å². The van der Waals surface area contributed by atoms with Crippen LogP contribution < -0.4 is 10.6 Å². The summed E-state index contributed by atoms with van der Waals surface area (Å²) in [7, 11) is 0. The van der Waals surface area contributed by atoms with E-state index in [4.69, 9.17) is 9.47 Å². The first kappa shape index (κ1) is 21.5. The Hall–Kier alpha value is -1.59. The fourth-order valence-electron chi connectivity index (χ4n) is 2.26. The predicted octanol–water partition coefficient (Wildman–Crippen LogP) is 3.34. The lowest BCUT2D eigenvalue weighted by Crippen LogP contribution is -2.38. The Balaban J connectivity index is 2.48. The Labute approximate surface area is 153 Å². The van der Waals surface area contributed by atoms with Crippen molar-refractivity contribution in [3.05, 3.63) is 35.4 Å². The summed E-state index contributed by atoms with van der Waals surface area (Å²) in [5.74, 6) is 1.57. The molecule has 2 N–H and O–H groups in total. The van der Waals surface area contributed by atoms with Gasteiger partial charge in [-0.25, -0.2) is 4.99 Å². The van der Waals surface area contributed by atoms with E-state index in [1.165, 1.54) is 11.1 Å². The van der Waals surface area contributed by atoms with Crippen molar-refractivity contribution in [2.45, 2.75) is 47.3 Å². The summed E-state index contributed by atoms with van der Waals surface area (Å²) < 4.78 is 10.9. The first-order valence-corrected chi connectivity index (χ1v) is 9.41. The lowest BCUT2D eigenvalue weighted by molar-refractivity contribution is 0.0453. The van der Waals surface area contributed by atoms with Gasteiger partial charge in [0.25, 0.3) is 0 Å². The molecule has 1 rings (SSSR count). The molecule has 0 aliphatic rings. The number of nitrogens with zero attached hydrogens (tertiary/aromatic N) is 1. The van der Waals surface area contributed by atoms with Crippen molar-refractivity contribution in [1.82, 2.24) is 10.6 Å². The van der Waals surface area contributed by atoms with Crippen LogP contribution in [0.2, 0.25) is 0 Å². The maximum absolute atomic E-state index is 5.63. The van der Waals surface area contributed by atoms with Gasteiger partial charge in [0.05, 0.1) is 26.4 Å².